The number of nitriles is 1. The van der Waals surface area contributed by atoms with Crippen molar-refractivity contribution in [2.24, 2.45) is 0 Å². The van der Waals surface area contributed by atoms with Gasteiger partial charge in [0.05, 0.1) is 17.3 Å². The Bertz CT molecular complexity index is 856. The Morgan fingerprint density at radius 1 is 0.857 bits per heavy atom. The highest BCUT2D eigenvalue weighted by Gasteiger charge is 1.96. The summed E-state index contributed by atoms with van der Waals surface area (Å²) in [6.07, 6.45) is 3.85. The Kier molecular flexibility index (Phi) is 10.1. The second kappa shape index (κ2) is 13.3. The fourth-order valence-electron chi connectivity index (χ4n) is 2.49. The topological polar surface area (TPSA) is 63.6 Å². The van der Waals surface area contributed by atoms with Gasteiger partial charge in [0.25, 0.3) is 0 Å². The Morgan fingerprint density at radius 2 is 1.54 bits per heavy atom. The zero-order valence-corrected chi connectivity index (χ0v) is 16.7. The van der Waals surface area contributed by atoms with E-state index >= 15 is 0 Å². The van der Waals surface area contributed by atoms with Crippen LogP contribution in [0.15, 0.2) is 79.0 Å². The molecule has 0 unspecified atom stereocenters. The molecule has 144 valence electrons. The predicted molar refractivity (Wildman–Crippen MR) is 119 cm³/mol. The van der Waals surface area contributed by atoms with Crippen molar-refractivity contribution in [3.05, 3.63) is 94.8 Å². The van der Waals surface area contributed by atoms with Crippen LogP contribution in [0.25, 0.3) is 0 Å². The molecule has 0 atom stereocenters. The van der Waals surface area contributed by atoms with Gasteiger partial charge in [-0.15, -0.1) is 0 Å². The standard InChI is InChI=1S/C17H20N4S.C6H6/c18-13-15-6-4-14(5-7-15)8-12-19-9-2-11-20-16-3-1-10-21-17(16)22;1-2-4-6-5-3-1/h1,3-7,10,19-20H,2,8-9,11-12H2,(H,21,22);1-6H. The highest BCUT2D eigenvalue weighted by atomic mass is 32.1. The monoisotopic (exact) mass is 390 g/mol. The first-order chi connectivity index (χ1) is 13.8. The van der Waals surface area contributed by atoms with Crippen LogP contribution in [0.1, 0.15) is 17.5 Å². The quantitative estimate of drug-likeness (QED) is 0.377. The first-order valence-corrected chi connectivity index (χ1v) is 9.82. The van der Waals surface area contributed by atoms with E-state index in [1.807, 2.05) is 79.0 Å². The average Bonchev–Trinajstić information content (AvgIpc) is 2.76. The number of aromatic nitrogens is 1. The van der Waals surface area contributed by atoms with Crippen molar-refractivity contribution in [3.63, 3.8) is 0 Å². The summed E-state index contributed by atoms with van der Waals surface area (Å²) in [7, 11) is 0. The lowest BCUT2D eigenvalue weighted by molar-refractivity contribution is 0.660. The zero-order chi connectivity index (χ0) is 19.9. The molecule has 28 heavy (non-hydrogen) atoms. The molecule has 4 nitrogen and oxygen atoms in total. The summed E-state index contributed by atoms with van der Waals surface area (Å²) in [5, 5.41) is 15.5. The number of aromatic amines is 1. The number of H-pyrrole nitrogens is 1. The maximum absolute atomic E-state index is 8.75. The Balaban J connectivity index is 0.000000397. The second-order valence-corrected chi connectivity index (χ2v) is 6.56. The smallest absolute Gasteiger partial charge is 0.126 e. The molecular formula is C23H26N4S. The van der Waals surface area contributed by atoms with E-state index < -0.39 is 0 Å². The molecule has 0 spiro atoms. The zero-order valence-electron chi connectivity index (χ0n) is 15.9. The van der Waals surface area contributed by atoms with Gasteiger partial charge in [-0.05, 0) is 55.8 Å². The minimum absolute atomic E-state index is 0.710. The molecule has 0 aliphatic rings. The highest BCUT2D eigenvalue weighted by molar-refractivity contribution is 7.71. The summed E-state index contributed by atoms with van der Waals surface area (Å²) >= 11 is 5.19. The lowest BCUT2D eigenvalue weighted by atomic mass is 10.1. The van der Waals surface area contributed by atoms with Crippen LogP contribution >= 0.6 is 12.2 Å². The van der Waals surface area contributed by atoms with Crippen molar-refractivity contribution in [2.45, 2.75) is 12.8 Å². The van der Waals surface area contributed by atoms with Gasteiger partial charge in [-0.25, -0.2) is 0 Å². The fraction of sp³-hybridized carbons (Fsp3) is 0.217. The van der Waals surface area contributed by atoms with Crippen LogP contribution in [-0.4, -0.2) is 24.6 Å². The van der Waals surface area contributed by atoms with Gasteiger partial charge in [-0.2, -0.15) is 5.26 Å². The predicted octanol–water partition coefficient (Wildman–Crippen LogP) is 4.94. The molecule has 0 saturated carbocycles. The van der Waals surface area contributed by atoms with Gasteiger partial charge in [-0.3, -0.25) is 0 Å². The van der Waals surface area contributed by atoms with Crippen molar-refractivity contribution >= 4 is 17.9 Å². The van der Waals surface area contributed by atoms with Crippen molar-refractivity contribution < 1.29 is 0 Å². The molecule has 3 aromatic rings. The minimum atomic E-state index is 0.710. The maximum atomic E-state index is 8.75. The van der Waals surface area contributed by atoms with Gasteiger partial charge >= 0.3 is 0 Å². The summed E-state index contributed by atoms with van der Waals surface area (Å²) in [5.74, 6) is 0. The molecule has 0 aliphatic heterocycles. The molecule has 0 aliphatic carbocycles. The van der Waals surface area contributed by atoms with Gasteiger partial charge in [0.1, 0.15) is 4.64 Å². The fourth-order valence-corrected chi connectivity index (χ4v) is 2.69. The molecule has 0 amide bonds. The summed E-state index contributed by atoms with van der Waals surface area (Å²) in [5.41, 5.74) is 2.94. The Hall–Kier alpha value is -2.94. The van der Waals surface area contributed by atoms with Gasteiger partial charge < -0.3 is 15.6 Å². The molecule has 3 rings (SSSR count). The Labute approximate surface area is 172 Å². The number of nitrogens with zero attached hydrogens (tertiary/aromatic N) is 1. The summed E-state index contributed by atoms with van der Waals surface area (Å²) in [6, 6.07) is 25.8. The van der Waals surface area contributed by atoms with Crippen LogP contribution in [0.3, 0.4) is 0 Å². The number of pyridine rings is 1. The number of rotatable bonds is 8. The van der Waals surface area contributed by atoms with Crippen molar-refractivity contribution in [3.8, 4) is 6.07 Å². The van der Waals surface area contributed by atoms with E-state index in [4.69, 9.17) is 17.5 Å². The van der Waals surface area contributed by atoms with E-state index in [0.717, 1.165) is 42.8 Å². The number of benzene rings is 2. The van der Waals surface area contributed by atoms with Crippen LogP contribution in [0.4, 0.5) is 5.69 Å². The molecule has 1 heterocycles. The van der Waals surface area contributed by atoms with E-state index in [1.165, 1.54) is 5.56 Å². The van der Waals surface area contributed by atoms with Gasteiger partial charge in [0.15, 0.2) is 0 Å². The van der Waals surface area contributed by atoms with Crippen LogP contribution < -0.4 is 10.6 Å². The van der Waals surface area contributed by atoms with Crippen molar-refractivity contribution in [1.82, 2.24) is 10.3 Å². The van der Waals surface area contributed by atoms with E-state index in [9.17, 15) is 0 Å². The molecule has 1 aromatic heterocycles. The van der Waals surface area contributed by atoms with Crippen molar-refractivity contribution in [2.75, 3.05) is 25.0 Å². The van der Waals surface area contributed by atoms with Gasteiger partial charge in [0, 0.05) is 12.7 Å². The highest BCUT2D eigenvalue weighted by Crippen LogP contribution is 2.06. The third kappa shape index (κ3) is 8.63. The SMILES string of the molecule is N#Cc1ccc(CCNCCCNc2ccc[nH]c2=S)cc1.c1ccccc1. The lowest BCUT2D eigenvalue weighted by Crippen LogP contribution is -2.20. The third-order valence-electron chi connectivity index (χ3n) is 4.00. The number of nitrogens with one attached hydrogen (secondary N) is 3. The molecule has 5 heteroatoms. The summed E-state index contributed by atoms with van der Waals surface area (Å²) in [4.78, 5) is 3.00. The normalized spacial score (nSPS) is 9.68. The van der Waals surface area contributed by atoms with E-state index in [-0.39, 0.29) is 0 Å². The first-order valence-electron chi connectivity index (χ1n) is 9.41. The van der Waals surface area contributed by atoms with Gasteiger partial charge in [0.2, 0.25) is 0 Å². The van der Waals surface area contributed by atoms with Crippen LogP contribution in [0.2, 0.25) is 0 Å². The summed E-state index contributed by atoms with van der Waals surface area (Å²) < 4.78 is 0.747. The van der Waals surface area contributed by atoms with Crippen LogP contribution in [0.5, 0.6) is 0 Å². The first kappa shape index (κ1) is 21.4. The lowest BCUT2D eigenvalue weighted by Gasteiger charge is -2.07. The number of hydrogen-bond donors (Lipinski definition) is 3. The van der Waals surface area contributed by atoms with Gasteiger partial charge in [-0.1, -0.05) is 60.7 Å². The molecule has 2 aromatic carbocycles. The average molecular weight is 391 g/mol. The number of anilines is 1. The molecular weight excluding hydrogens is 364 g/mol. The third-order valence-corrected chi connectivity index (χ3v) is 4.34. The van der Waals surface area contributed by atoms with E-state index in [2.05, 4.69) is 21.7 Å². The molecule has 0 saturated heterocycles. The second-order valence-electron chi connectivity index (χ2n) is 6.16. The molecule has 0 bridgehead atoms. The molecule has 0 fully saturated rings. The maximum Gasteiger partial charge on any atom is 0.126 e. The Morgan fingerprint density at radius 3 is 2.14 bits per heavy atom. The number of hydrogen-bond acceptors (Lipinski definition) is 4. The van der Waals surface area contributed by atoms with Crippen LogP contribution in [-0.2, 0) is 6.42 Å². The molecule has 3 N–H and O–H groups in total. The molecule has 0 radical (unpaired) electrons. The van der Waals surface area contributed by atoms with Crippen molar-refractivity contribution in [1.29, 1.82) is 5.26 Å². The van der Waals surface area contributed by atoms with E-state index in [0.29, 0.717) is 5.56 Å². The minimum Gasteiger partial charge on any atom is -0.383 e. The largest absolute Gasteiger partial charge is 0.383 e. The summed E-state index contributed by atoms with van der Waals surface area (Å²) in [6.45, 7) is 2.80. The van der Waals surface area contributed by atoms with E-state index in [1.54, 1.807) is 0 Å². The van der Waals surface area contributed by atoms with Crippen LogP contribution in [0, 0.1) is 16.0 Å².